The van der Waals surface area contributed by atoms with Crippen LogP contribution >= 0.6 is 22.9 Å². The molecule has 0 aliphatic heterocycles. The fraction of sp³-hybridized carbons (Fsp3) is 0.286. The van der Waals surface area contributed by atoms with Crippen LogP contribution in [0, 0.1) is 12.7 Å². The van der Waals surface area contributed by atoms with Crippen molar-refractivity contribution in [2.45, 2.75) is 19.5 Å². The number of hydrogen-bond acceptors (Lipinski definition) is 4. The summed E-state index contributed by atoms with van der Waals surface area (Å²) in [6.07, 6.45) is 1.73. The number of aromatic nitrogens is 1. The van der Waals surface area contributed by atoms with Gasteiger partial charge in [0.2, 0.25) is 0 Å². The Labute approximate surface area is 136 Å². The molecule has 1 heterocycles. The Morgan fingerprint density at radius 3 is 2.91 bits per heavy atom. The predicted molar refractivity (Wildman–Crippen MR) is 83.5 cm³/mol. The first-order valence-corrected chi connectivity index (χ1v) is 7.70. The molecule has 118 valence electrons. The highest BCUT2D eigenvalue weighted by molar-refractivity contribution is 7.11. The second kappa shape index (κ2) is 7.53. The van der Waals surface area contributed by atoms with E-state index in [1.165, 1.54) is 23.5 Å². The average Bonchev–Trinajstić information content (AvgIpc) is 2.91. The molecule has 1 aromatic heterocycles. The normalized spacial score (nSPS) is 12.0. The summed E-state index contributed by atoms with van der Waals surface area (Å²) in [6, 6.07) is 2.93. The number of hydrogen-bond donors (Lipinski definition) is 3. The zero-order valence-corrected chi connectivity index (χ0v) is 13.3. The van der Waals surface area contributed by atoms with Crippen LogP contribution in [0.3, 0.4) is 0 Å². The van der Waals surface area contributed by atoms with Crippen LogP contribution in [0.25, 0.3) is 0 Å². The zero-order valence-electron chi connectivity index (χ0n) is 11.8. The van der Waals surface area contributed by atoms with E-state index in [1.54, 1.807) is 12.3 Å². The zero-order chi connectivity index (χ0) is 16.1. The molecule has 22 heavy (non-hydrogen) atoms. The smallest absolute Gasteiger partial charge is 0.315 e. The average molecular weight is 344 g/mol. The Bertz CT molecular complexity index is 665. The van der Waals surface area contributed by atoms with Crippen molar-refractivity contribution >= 4 is 29.0 Å². The minimum Gasteiger partial charge on any atom is -0.394 e. The maximum Gasteiger partial charge on any atom is 0.315 e. The maximum atomic E-state index is 13.4. The topological polar surface area (TPSA) is 74.2 Å². The summed E-state index contributed by atoms with van der Waals surface area (Å²) in [6.45, 7) is 1.86. The summed E-state index contributed by atoms with van der Waals surface area (Å²) in [5, 5.41) is 15.4. The second-order valence-electron chi connectivity index (χ2n) is 4.60. The van der Waals surface area contributed by atoms with E-state index in [-0.39, 0.29) is 18.2 Å². The van der Waals surface area contributed by atoms with Gasteiger partial charge in [-0.05, 0) is 24.6 Å². The molecule has 1 atom stereocenters. The van der Waals surface area contributed by atoms with Gasteiger partial charge in [0.05, 0.1) is 24.2 Å². The van der Waals surface area contributed by atoms with Gasteiger partial charge in [0.25, 0.3) is 0 Å². The number of carbonyl (C=O) groups excluding carboxylic acids is 1. The summed E-state index contributed by atoms with van der Waals surface area (Å²) >= 11 is 7.10. The maximum absolute atomic E-state index is 13.4. The highest BCUT2D eigenvalue weighted by Gasteiger charge is 2.15. The Morgan fingerprint density at radius 1 is 1.55 bits per heavy atom. The van der Waals surface area contributed by atoms with Crippen LogP contribution in [-0.2, 0) is 6.54 Å². The van der Waals surface area contributed by atoms with Crippen LogP contribution in [0.2, 0.25) is 5.02 Å². The molecule has 0 bridgehead atoms. The molecule has 0 spiro atoms. The molecule has 0 radical (unpaired) electrons. The predicted octanol–water partition coefficient (Wildman–Crippen LogP) is 2.78. The second-order valence-corrected chi connectivity index (χ2v) is 6.33. The molecule has 1 unspecified atom stereocenters. The third kappa shape index (κ3) is 4.40. The van der Waals surface area contributed by atoms with Gasteiger partial charge in [0, 0.05) is 11.1 Å². The highest BCUT2D eigenvalue weighted by Crippen LogP contribution is 2.20. The molecule has 0 aliphatic carbocycles. The molecule has 2 aromatic rings. The van der Waals surface area contributed by atoms with E-state index >= 15 is 0 Å². The molecule has 0 fully saturated rings. The van der Waals surface area contributed by atoms with Crippen molar-refractivity contribution in [3.05, 3.63) is 50.7 Å². The van der Waals surface area contributed by atoms with Gasteiger partial charge in [-0.2, -0.15) is 0 Å². The van der Waals surface area contributed by atoms with Gasteiger partial charge >= 0.3 is 6.03 Å². The van der Waals surface area contributed by atoms with Gasteiger partial charge in [-0.1, -0.05) is 17.7 Å². The molecular formula is C14H15ClFN3O2S. The van der Waals surface area contributed by atoms with E-state index in [1.807, 2.05) is 6.92 Å². The van der Waals surface area contributed by atoms with Crippen molar-refractivity contribution < 1.29 is 14.3 Å². The lowest BCUT2D eigenvalue weighted by atomic mass is 10.1. The third-order valence-corrected chi connectivity index (χ3v) is 4.12. The fourth-order valence-corrected chi connectivity index (χ4v) is 2.66. The fourth-order valence-electron chi connectivity index (χ4n) is 1.81. The number of nitrogens with one attached hydrogen (secondary N) is 2. The van der Waals surface area contributed by atoms with E-state index in [2.05, 4.69) is 15.6 Å². The van der Waals surface area contributed by atoms with Crippen molar-refractivity contribution in [3.8, 4) is 0 Å². The summed E-state index contributed by atoms with van der Waals surface area (Å²) < 4.78 is 13.4. The van der Waals surface area contributed by atoms with Gasteiger partial charge in [-0.15, -0.1) is 11.3 Å². The number of thiazole rings is 1. The van der Waals surface area contributed by atoms with Crippen molar-refractivity contribution in [2.24, 2.45) is 0 Å². The van der Waals surface area contributed by atoms with Gasteiger partial charge < -0.3 is 15.7 Å². The van der Waals surface area contributed by atoms with Crippen molar-refractivity contribution in [2.75, 3.05) is 6.61 Å². The van der Waals surface area contributed by atoms with Gasteiger partial charge in [-0.3, -0.25) is 0 Å². The first-order chi connectivity index (χ1) is 10.5. The van der Waals surface area contributed by atoms with E-state index in [4.69, 9.17) is 11.6 Å². The van der Waals surface area contributed by atoms with Gasteiger partial charge in [0.1, 0.15) is 10.8 Å². The molecule has 1 aromatic carbocycles. The van der Waals surface area contributed by atoms with Crippen LogP contribution < -0.4 is 10.6 Å². The molecule has 2 amide bonds. The number of aryl methyl sites for hydroxylation is 1. The molecule has 0 saturated heterocycles. The Hall–Kier alpha value is -1.70. The SMILES string of the molecule is Cc1cnc(CNC(=O)NC(CO)c2ccc(Cl)c(F)c2)s1. The lowest BCUT2D eigenvalue weighted by Crippen LogP contribution is -2.38. The van der Waals surface area contributed by atoms with Crippen molar-refractivity contribution in [1.82, 2.24) is 15.6 Å². The molecule has 0 saturated carbocycles. The molecular weight excluding hydrogens is 329 g/mol. The number of halogens is 2. The third-order valence-electron chi connectivity index (χ3n) is 2.90. The number of benzene rings is 1. The van der Waals surface area contributed by atoms with Crippen molar-refractivity contribution in [3.63, 3.8) is 0 Å². The largest absolute Gasteiger partial charge is 0.394 e. The van der Waals surface area contributed by atoms with Crippen LogP contribution in [0.1, 0.15) is 21.5 Å². The molecule has 0 aliphatic rings. The number of rotatable bonds is 5. The van der Waals surface area contributed by atoms with E-state index in [9.17, 15) is 14.3 Å². The van der Waals surface area contributed by atoms with Crippen LogP contribution in [0.5, 0.6) is 0 Å². The first-order valence-electron chi connectivity index (χ1n) is 6.51. The summed E-state index contributed by atoms with van der Waals surface area (Å²) in [5.74, 6) is -0.599. The van der Waals surface area contributed by atoms with E-state index in [0.717, 1.165) is 9.88 Å². The minimum atomic E-state index is -0.718. The van der Waals surface area contributed by atoms with E-state index in [0.29, 0.717) is 5.56 Å². The number of aliphatic hydroxyl groups is 1. The van der Waals surface area contributed by atoms with Crippen LogP contribution in [-0.4, -0.2) is 22.7 Å². The summed E-state index contributed by atoms with van der Waals surface area (Å²) in [4.78, 5) is 17.0. The van der Waals surface area contributed by atoms with Crippen LogP contribution in [0.15, 0.2) is 24.4 Å². The first kappa shape index (κ1) is 16.7. The quantitative estimate of drug-likeness (QED) is 0.781. The van der Waals surface area contributed by atoms with Crippen LogP contribution in [0.4, 0.5) is 9.18 Å². The number of nitrogens with zero attached hydrogens (tertiary/aromatic N) is 1. The van der Waals surface area contributed by atoms with Crippen molar-refractivity contribution in [1.29, 1.82) is 0 Å². The number of amides is 2. The molecule has 3 N–H and O–H groups in total. The van der Waals surface area contributed by atoms with E-state index < -0.39 is 17.9 Å². The lowest BCUT2D eigenvalue weighted by molar-refractivity contribution is 0.216. The Balaban J connectivity index is 1.94. The monoisotopic (exact) mass is 343 g/mol. The minimum absolute atomic E-state index is 0.0102. The number of aliphatic hydroxyl groups excluding tert-OH is 1. The lowest BCUT2D eigenvalue weighted by Gasteiger charge is -2.17. The Kier molecular flexibility index (Phi) is 5.70. The summed E-state index contributed by atoms with van der Waals surface area (Å²) in [5.41, 5.74) is 0.435. The molecule has 5 nitrogen and oxygen atoms in total. The highest BCUT2D eigenvalue weighted by atomic mass is 35.5. The van der Waals surface area contributed by atoms with Gasteiger partial charge in [-0.25, -0.2) is 14.2 Å². The molecule has 8 heteroatoms. The molecule has 2 rings (SSSR count). The summed E-state index contributed by atoms with van der Waals surface area (Å²) in [7, 11) is 0. The standard InChI is InChI=1S/C14H15ClFN3O2S/c1-8-5-17-13(22-8)6-18-14(21)19-12(7-20)9-2-3-10(15)11(16)4-9/h2-5,12,20H,6-7H2,1H3,(H2,18,19,21). The number of carbonyl (C=O) groups is 1. The number of urea groups is 1. The Morgan fingerprint density at radius 2 is 2.32 bits per heavy atom. The van der Waals surface area contributed by atoms with Gasteiger partial charge in [0.15, 0.2) is 0 Å².